The van der Waals surface area contributed by atoms with Gasteiger partial charge >= 0.3 is 0 Å². The Morgan fingerprint density at radius 2 is 2.29 bits per heavy atom. The van der Waals surface area contributed by atoms with Crippen LogP contribution in [0.25, 0.3) is 0 Å². The van der Waals surface area contributed by atoms with Crippen LogP contribution in [0.5, 0.6) is 0 Å². The summed E-state index contributed by atoms with van der Waals surface area (Å²) in [5.74, 6) is 1.54. The summed E-state index contributed by atoms with van der Waals surface area (Å²) in [6, 6.07) is 0. The van der Waals surface area contributed by atoms with E-state index < -0.39 is 0 Å². The largest absolute Gasteiger partial charge is 0.316 e. The minimum absolute atomic E-state index is 0.242. The molecule has 0 radical (unpaired) electrons. The number of hydrogen-bond acceptors (Lipinski definition) is 5. The molecule has 17 heavy (non-hydrogen) atoms. The summed E-state index contributed by atoms with van der Waals surface area (Å²) in [7, 11) is 0. The first-order valence-corrected chi connectivity index (χ1v) is 7.20. The Labute approximate surface area is 110 Å². The van der Waals surface area contributed by atoms with E-state index in [1.54, 1.807) is 0 Å². The Balaban J connectivity index is 1.76. The van der Waals surface area contributed by atoms with Crippen LogP contribution in [0.3, 0.4) is 0 Å². The van der Waals surface area contributed by atoms with Gasteiger partial charge in [-0.1, -0.05) is 11.3 Å². The molecule has 0 spiro atoms. The molecular weight excluding hydrogens is 256 g/mol. The predicted molar refractivity (Wildman–Crippen MR) is 69.3 cm³/mol. The molecule has 1 aromatic heterocycles. The predicted octanol–water partition coefficient (Wildman–Crippen LogP) is 1.62. The zero-order chi connectivity index (χ0) is 12.0. The zero-order valence-electron chi connectivity index (χ0n) is 10.1. The maximum atomic E-state index is 5.83. The number of hydrogen-bond donors (Lipinski definition) is 1. The van der Waals surface area contributed by atoms with E-state index in [-0.39, 0.29) is 5.54 Å². The normalized spacial score (nSPS) is 31.9. The highest BCUT2D eigenvalue weighted by Crippen LogP contribution is 2.41. The molecule has 3 rings (SSSR count). The van der Waals surface area contributed by atoms with Crippen molar-refractivity contribution in [2.45, 2.75) is 25.9 Å². The second-order valence-corrected chi connectivity index (χ2v) is 7.15. The minimum Gasteiger partial charge on any atom is -0.316 e. The fraction of sp³-hybridized carbons (Fsp3) is 0.818. The first kappa shape index (κ1) is 11.8. The van der Waals surface area contributed by atoms with Crippen molar-refractivity contribution < 1.29 is 0 Å². The van der Waals surface area contributed by atoms with Crippen molar-refractivity contribution in [3.8, 4) is 0 Å². The van der Waals surface area contributed by atoms with Crippen molar-refractivity contribution in [3.05, 3.63) is 9.47 Å². The van der Waals surface area contributed by atoms with Gasteiger partial charge in [0.2, 0.25) is 4.47 Å². The minimum atomic E-state index is 0.242. The molecule has 0 saturated carbocycles. The molecule has 0 amide bonds. The summed E-state index contributed by atoms with van der Waals surface area (Å²) in [5, 5.41) is 12.5. The van der Waals surface area contributed by atoms with E-state index in [0.717, 1.165) is 43.0 Å². The van der Waals surface area contributed by atoms with E-state index in [1.165, 1.54) is 11.3 Å². The van der Waals surface area contributed by atoms with E-state index in [4.69, 9.17) is 11.6 Å². The number of likely N-dealkylation sites (tertiary alicyclic amines) is 1. The van der Waals surface area contributed by atoms with Crippen molar-refractivity contribution >= 4 is 22.9 Å². The third kappa shape index (κ3) is 1.99. The van der Waals surface area contributed by atoms with Crippen LogP contribution in [-0.2, 0) is 6.54 Å². The molecule has 0 aromatic carbocycles. The summed E-state index contributed by atoms with van der Waals surface area (Å²) < 4.78 is 0.541. The lowest BCUT2D eigenvalue weighted by Gasteiger charge is -2.35. The molecule has 0 bridgehead atoms. The maximum Gasteiger partial charge on any atom is 0.207 e. The molecule has 2 aliphatic heterocycles. The van der Waals surface area contributed by atoms with Crippen LogP contribution in [0.1, 0.15) is 18.9 Å². The smallest absolute Gasteiger partial charge is 0.207 e. The van der Waals surface area contributed by atoms with Crippen LogP contribution >= 0.6 is 22.9 Å². The van der Waals surface area contributed by atoms with Gasteiger partial charge in [-0.25, -0.2) is 0 Å². The molecule has 1 N–H and O–H groups in total. The van der Waals surface area contributed by atoms with Crippen LogP contribution in [0.15, 0.2) is 0 Å². The Hall–Kier alpha value is -0.230. The van der Waals surface area contributed by atoms with Gasteiger partial charge in [0.1, 0.15) is 5.01 Å². The molecule has 6 heteroatoms. The summed E-state index contributed by atoms with van der Waals surface area (Å²) >= 11 is 7.32. The van der Waals surface area contributed by atoms with Crippen LogP contribution in [-0.4, -0.2) is 40.3 Å². The molecule has 2 unspecified atom stereocenters. The first-order valence-electron chi connectivity index (χ1n) is 6.01. The van der Waals surface area contributed by atoms with Gasteiger partial charge in [0.05, 0.1) is 6.54 Å². The van der Waals surface area contributed by atoms with E-state index in [2.05, 4.69) is 34.3 Å². The van der Waals surface area contributed by atoms with Crippen molar-refractivity contribution in [2.24, 2.45) is 11.8 Å². The first-order chi connectivity index (χ1) is 8.07. The van der Waals surface area contributed by atoms with E-state index >= 15 is 0 Å². The Bertz CT molecular complexity index is 419. The highest BCUT2D eigenvalue weighted by atomic mass is 35.5. The quantitative estimate of drug-likeness (QED) is 0.888. The van der Waals surface area contributed by atoms with Gasteiger partial charge < -0.3 is 5.32 Å². The maximum absolute atomic E-state index is 5.83. The van der Waals surface area contributed by atoms with Gasteiger partial charge in [0.25, 0.3) is 0 Å². The summed E-state index contributed by atoms with van der Waals surface area (Å²) in [6.07, 6.45) is 0. The average molecular weight is 273 g/mol. The Kier molecular flexibility index (Phi) is 2.89. The standard InChI is InChI=1S/C11H17ClN4S/c1-11(2)8-4-13-3-7(8)5-16(11)6-9-14-15-10(12)17-9/h7-8,13H,3-6H2,1-2H3. The lowest BCUT2D eigenvalue weighted by molar-refractivity contribution is 0.131. The van der Waals surface area contributed by atoms with E-state index in [9.17, 15) is 0 Å². The lowest BCUT2D eigenvalue weighted by atomic mass is 9.85. The van der Waals surface area contributed by atoms with Crippen molar-refractivity contribution in [2.75, 3.05) is 19.6 Å². The third-order valence-electron chi connectivity index (χ3n) is 4.29. The van der Waals surface area contributed by atoms with Gasteiger partial charge in [0.15, 0.2) is 0 Å². The van der Waals surface area contributed by atoms with Gasteiger partial charge in [0, 0.05) is 18.6 Å². The van der Waals surface area contributed by atoms with E-state index in [1.807, 2.05) is 0 Å². The van der Waals surface area contributed by atoms with Gasteiger partial charge in [-0.3, -0.25) is 4.90 Å². The van der Waals surface area contributed by atoms with Crippen LogP contribution in [0.2, 0.25) is 4.47 Å². The SMILES string of the molecule is CC1(C)C2CNCC2CN1Cc1nnc(Cl)s1. The molecule has 94 valence electrons. The molecule has 2 fully saturated rings. The molecule has 0 aliphatic carbocycles. The van der Waals surface area contributed by atoms with Crippen LogP contribution in [0, 0.1) is 11.8 Å². The van der Waals surface area contributed by atoms with Gasteiger partial charge in [-0.15, -0.1) is 10.2 Å². The molecular formula is C11H17ClN4S. The number of rotatable bonds is 2. The molecule has 3 heterocycles. The average Bonchev–Trinajstić information content (AvgIpc) is 2.90. The molecule has 2 saturated heterocycles. The number of fused-ring (bicyclic) bond motifs is 1. The molecule has 2 aliphatic rings. The van der Waals surface area contributed by atoms with Crippen LogP contribution in [0.4, 0.5) is 0 Å². The number of aromatic nitrogens is 2. The number of halogens is 1. The van der Waals surface area contributed by atoms with E-state index in [0.29, 0.717) is 4.47 Å². The van der Waals surface area contributed by atoms with Crippen molar-refractivity contribution in [1.82, 2.24) is 20.4 Å². The number of nitrogens with one attached hydrogen (secondary N) is 1. The topological polar surface area (TPSA) is 41.0 Å². The summed E-state index contributed by atoms with van der Waals surface area (Å²) in [5.41, 5.74) is 0.242. The second kappa shape index (κ2) is 4.16. The molecule has 2 atom stereocenters. The highest BCUT2D eigenvalue weighted by molar-refractivity contribution is 7.15. The Morgan fingerprint density at radius 3 is 2.94 bits per heavy atom. The zero-order valence-corrected chi connectivity index (χ0v) is 11.7. The summed E-state index contributed by atoms with van der Waals surface area (Å²) in [6.45, 7) is 9.01. The summed E-state index contributed by atoms with van der Waals surface area (Å²) in [4.78, 5) is 2.53. The lowest BCUT2D eigenvalue weighted by Crippen LogP contribution is -2.43. The third-order valence-corrected chi connectivity index (χ3v) is 5.29. The Morgan fingerprint density at radius 1 is 1.47 bits per heavy atom. The number of nitrogens with zero attached hydrogens (tertiary/aromatic N) is 3. The molecule has 4 nitrogen and oxygen atoms in total. The highest BCUT2D eigenvalue weighted by Gasteiger charge is 2.49. The van der Waals surface area contributed by atoms with Crippen molar-refractivity contribution in [3.63, 3.8) is 0 Å². The van der Waals surface area contributed by atoms with Gasteiger partial charge in [-0.2, -0.15) is 0 Å². The molecule has 1 aromatic rings. The second-order valence-electron chi connectivity index (χ2n) is 5.51. The van der Waals surface area contributed by atoms with Crippen LogP contribution < -0.4 is 5.32 Å². The monoisotopic (exact) mass is 272 g/mol. The fourth-order valence-corrected chi connectivity index (χ4v) is 4.12. The van der Waals surface area contributed by atoms with Crippen molar-refractivity contribution in [1.29, 1.82) is 0 Å². The fourth-order valence-electron chi connectivity index (χ4n) is 3.23. The van der Waals surface area contributed by atoms with Gasteiger partial charge in [-0.05, 0) is 43.8 Å².